The molecule has 4 heteroatoms. The number of carbonyl (C=O) groups excluding carboxylic acids is 1. The summed E-state index contributed by atoms with van der Waals surface area (Å²) in [6.45, 7) is 5.08. The van der Waals surface area contributed by atoms with E-state index in [9.17, 15) is 4.79 Å². The Labute approximate surface area is 130 Å². The Balaban J connectivity index is 1.75. The molecule has 0 aliphatic rings. The maximum absolute atomic E-state index is 11.5. The Hall–Kier alpha value is -2.49. The number of benzene rings is 2. The van der Waals surface area contributed by atoms with Crippen LogP contribution >= 0.6 is 0 Å². The van der Waals surface area contributed by atoms with E-state index in [1.54, 1.807) is 31.2 Å². The van der Waals surface area contributed by atoms with Crippen molar-refractivity contribution in [2.24, 2.45) is 0 Å². The Morgan fingerprint density at radius 2 is 1.36 bits per heavy atom. The van der Waals surface area contributed by atoms with Gasteiger partial charge >= 0.3 is 5.97 Å². The van der Waals surface area contributed by atoms with E-state index < -0.39 is 0 Å². The summed E-state index contributed by atoms with van der Waals surface area (Å²) in [7, 11) is 0. The summed E-state index contributed by atoms with van der Waals surface area (Å²) < 4.78 is 16.1. The van der Waals surface area contributed by atoms with Gasteiger partial charge in [0, 0.05) is 0 Å². The molecular formula is C18H20O4. The Morgan fingerprint density at radius 3 is 1.86 bits per heavy atom. The third-order valence-electron chi connectivity index (χ3n) is 3.01. The first-order valence-corrected chi connectivity index (χ1v) is 7.28. The molecule has 116 valence electrons. The average molecular weight is 300 g/mol. The third kappa shape index (κ3) is 4.81. The van der Waals surface area contributed by atoms with Crippen LogP contribution in [0.4, 0.5) is 0 Å². The van der Waals surface area contributed by atoms with Crippen molar-refractivity contribution < 1.29 is 19.0 Å². The minimum Gasteiger partial charge on any atom is -0.490 e. The second kappa shape index (κ2) is 8.08. The van der Waals surface area contributed by atoms with Crippen molar-refractivity contribution in [3.8, 4) is 11.5 Å². The van der Waals surface area contributed by atoms with E-state index in [1.807, 2.05) is 31.2 Å². The lowest BCUT2D eigenvalue weighted by molar-refractivity contribution is 0.0526. The summed E-state index contributed by atoms with van der Waals surface area (Å²) in [5, 5.41) is 0. The molecule has 0 aliphatic heterocycles. The van der Waals surface area contributed by atoms with Crippen LogP contribution in [0.3, 0.4) is 0 Å². The second-order valence-corrected chi connectivity index (χ2v) is 4.75. The highest BCUT2D eigenvalue weighted by molar-refractivity contribution is 5.89. The predicted molar refractivity (Wildman–Crippen MR) is 84.6 cm³/mol. The normalized spacial score (nSPS) is 10.1. The lowest BCUT2D eigenvalue weighted by Crippen LogP contribution is -2.09. The van der Waals surface area contributed by atoms with E-state index in [1.165, 1.54) is 5.56 Å². The van der Waals surface area contributed by atoms with Crippen LogP contribution in [-0.2, 0) is 4.74 Å². The van der Waals surface area contributed by atoms with Crippen molar-refractivity contribution in [2.45, 2.75) is 13.8 Å². The van der Waals surface area contributed by atoms with Gasteiger partial charge in [-0.2, -0.15) is 0 Å². The van der Waals surface area contributed by atoms with Crippen LogP contribution in [0.5, 0.6) is 11.5 Å². The maximum atomic E-state index is 11.5. The molecule has 0 heterocycles. The van der Waals surface area contributed by atoms with Crippen molar-refractivity contribution in [1.29, 1.82) is 0 Å². The summed E-state index contributed by atoms with van der Waals surface area (Å²) in [5.74, 6) is 1.20. The molecule has 0 radical (unpaired) electrons. The van der Waals surface area contributed by atoms with E-state index >= 15 is 0 Å². The molecular weight excluding hydrogens is 280 g/mol. The lowest BCUT2D eigenvalue weighted by Gasteiger charge is -2.09. The summed E-state index contributed by atoms with van der Waals surface area (Å²) >= 11 is 0. The van der Waals surface area contributed by atoms with Crippen LogP contribution in [0.25, 0.3) is 0 Å². The molecule has 0 saturated heterocycles. The minimum atomic E-state index is -0.322. The van der Waals surface area contributed by atoms with Gasteiger partial charge < -0.3 is 14.2 Å². The van der Waals surface area contributed by atoms with Gasteiger partial charge in [0.05, 0.1) is 12.2 Å². The number of esters is 1. The minimum absolute atomic E-state index is 0.322. The standard InChI is InChI=1S/C18H20O4/c1-3-20-18(19)15-6-10-17(11-7-15)22-13-12-21-16-8-4-14(2)5-9-16/h4-11H,3,12-13H2,1-2H3. The van der Waals surface area contributed by atoms with Gasteiger partial charge in [-0.25, -0.2) is 4.79 Å². The first kappa shape index (κ1) is 15.9. The molecule has 4 nitrogen and oxygen atoms in total. The molecule has 22 heavy (non-hydrogen) atoms. The van der Waals surface area contributed by atoms with Gasteiger partial charge in [0.15, 0.2) is 0 Å². The smallest absolute Gasteiger partial charge is 0.338 e. The number of hydrogen-bond acceptors (Lipinski definition) is 4. The Morgan fingerprint density at radius 1 is 0.864 bits per heavy atom. The van der Waals surface area contributed by atoms with Crippen LogP contribution in [0.15, 0.2) is 48.5 Å². The van der Waals surface area contributed by atoms with Crippen molar-refractivity contribution in [2.75, 3.05) is 19.8 Å². The number of aryl methyl sites for hydroxylation is 1. The zero-order valence-corrected chi connectivity index (χ0v) is 12.9. The highest BCUT2D eigenvalue weighted by Gasteiger charge is 2.05. The molecule has 2 aromatic rings. The second-order valence-electron chi connectivity index (χ2n) is 4.75. The molecule has 0 amide bonds. The summed E-state index contributed by atoms with van der Waals surface area (Å²) in [6, 6.07) is 14.8. The van der Waals surface area contributed by atoms with Crippen LogP contribution < -0.4 is 9.47 Å². The van der Waals surface area contributed by atoms with Crippen LogP contribution in [0.2, 0.25) is 0 Å². The quantitative estimate of drug-likeness (QED) is 0.578. The molecule has 0 aliphatic carbocycles. The van der Waals surface area contributed by atoms with Crippen LogP contribution in [0, 0.1) is 6.92 Å². The fraction of sp³-hybridized carbons (Fsp3) is 0.278. The molecule has 0 fully saturated rings. The zero-order valence-electron chi connectivity index (χ0n) is 12.9. The van der Waals surface area contributed by atoms with E-state index in [4.69, 9.17) is 14.2 Å². The Bertz CT molecular complexity index is 587. The number of rotatable bonds is 7. The van der Waals surface area contributed by atoms with Gasteiger partial charge in [-0.15, -0.1) is 0 Å². The summed E-state index contributed by atoms with van der Waals surface area (Å²) in [4.78, 5) is 11.5. The number of ether oxygens (including phenoxy) is 3. The zero-order chi connectivity index (χ0) is 15.8. The lowest BCUT2D eigenvalue weighted by atomic mass is 10.2. The van der Waals surface area contributed by atoms with E-state index in [2.05, 4.69) is 0 Å². The van der Waals surface area contributed by atoms with Gasteiger partial charge in [-0.1, -0.05) is 17.7 Å². The number of hydrogen-bond donors (Lipinski definition) is 0. The highest BCUT2D eigenvalue weighted by atomic mass is 16.5. The van der Waals surface area contributed by atoms with Gasteiger partial charge in [-0.3, -0.25) is 0 Å². The fourth-order valence-electron chi connectivity index (χ4n) is 1.86. The molecule has 2 rings (SSSR count). The molecule has 0 unspecified atom stereocenters. The van der Waals surface area contributed by atoms with Crippen LogP contribution in [-0.4, -0.2) is 25.8 Å². The van der Waals surface area contributed by atoms with Gasteiger partial charge in [-0.05, 0) is 50.2 Å². The van der Waals surface area contributed by atoms with Gasteiger partial charge in [0.2, 0.25) is 0 Å². The Kier molecular flexibility index (Phi) is 5.83. The van der Waals surface area contributed by atoms with Gasteiger partial charge in [0.1, 0.15) is 24.7 Å². The molecule has 0 atom stereocenters. The molecule has 0 bridgehead atoms. The monoisotopic (exact) mass is 300 g/mol. The molecule has 0 saturated carbocycles. The molecule has 0 N–H and O–H groups in total. The van der Waals surface area contributed by atoms with Gasteiger partial charge in [0.25, 0.3) is 0 Å². The van der Waals surface area contributed by atoms with E-state index in [0.717, 1.165) is 5.75 Å². The highest BCUT2D eigenvalue weighted by Crippen LogP contribution is 2.14. The van der Waals surface area contributed by atoms with Crippen molar-refractivity contribution >= 4 is 5.97 Å². The summed E-state index contributed by atoms with van der Waals surface area (Å²) in [6.07, 6.45) is 0. The fourth-order valence-corrected chi connectivity index (χ4v) is 1.86. The molecule has 2 aromatic carbocycles. The first-order chi connectivity index (χ1) is 10.7. The SMILES string of the molecule is CCOC(=O)c1ccc(OCCOc2ccc(C)cc2)cc1. The predicted octanol–water partition coefficient (Wildman–Crippen LogP) is 3.63. The summed E-state index contributed by atoms with van der Waals surface area (Å²) in [5.41, 5.74) is 1.72. The average Bonchev–Trinajstić information content (AvgIpc) is 2.54. The topological polar surface area (TPSA) is 44.8 Å². The van der Waals surface area contributed by atoms with E-state index in [-0.39, 0.29) is 5.97 Å². The maximum Gasteiger partial charge on any atom is 0.338 e. The number of carbonyl (C=O) groups is 1. The third-order valence-corrected chi connectivity index (χ3v) is 3.01. The van der Waals surface area contributed by atoms with Crippen molar-refractivity contribution in [3.05, 3.63) is 59.7 Å². The van der Waals surface area contributed by atoms with Crippen molar-refractivity contribution in [3.63, 3.8) is 0 Å². The molecule has 0 aromatic heterocycles. The largest absolute Gasteiger partial charge is 0.490 e. The van der Waals surface area contributed by atoms with Crippen LogP contribution in [0.1, 0.15) is 22.8 Å². The van der Waals surface area contributed by atoms with E-state index in [0.29, 0.717) is 31.1 Å². The first-order valence-electron chi connectivity index (χ1n) is 7.28. The molecule has 0 spiro atoms. The van der Waals surface area contributed by atoms with Crippen molar-refractivity contribution in [1.82, 2.24) is 0 Å².